The first kappa shape index (κ1) is 24.4. The molecule has 10 nitrogen and oxygen atoms in total. The topological polar surface area (TPSA) is 134 Å². The summed E-state index contributed by atoms with van der Waals surface area (Å²) < 4.78 is 3.70. The number of pyridine rings is 2. The van der Waals surface area contributed by atoms with E-state index < -0.39 is 0 Å². The summed E-state index contributed by atoms with van der Waals surface area (Å²) in [5.74, 6) is 1.46. The highest BCUT2D eigenvalue weighted by Gasteiger charge is 2.26. The number of nitrogen functional groups attached to an aromatic ring is 1. The SMILES string of the molecule is Nc1ncccc1-c1nc2ccc(-n3cccn3)nc2n1-c1ccc2c(c1)CC[C@@H]2NC(=O)c1cccc(C=O)c1. The molecule has 3 N–H and O–H groups in total. The van der Waals surface area contributed by atoms with E-state index in [4.69, 9.17) is 15.7 Å². The van der Waals surface area contributed by atoms with Gasteiger partial charge in [0.15, 0.2) is 17.3 Å². The van der Waals surface area contributed by atoms with Crippen LogP contribution in [0.25, 0.3) is 34.1 Å². The number of hydrogen-bond acceptors (Lipinski definition) is 7. The maximum atomic E-state index is 13.0. The maximum Gasteiger partial charge on any atom is 0.251 e. The molecule has 0 spiro atoms. The van der Waals surface area contributed by atoms with Crippen LogP contribution in [-0.2, 0) is 6.42 Å². The lowest BCUT2D eigenvalue weighted by atomic mass is 10.1. The quantitative estimate of drug-likeness (QED) is 0.298. The van der Waals surface area contributed by atoms with Crippen LogP contribution >= 0.6 is 0 Å². The first-order valence-electron chi connectivity index (χ1n) is 13.2. The van der Waals surface area contributed by atoms with E-state index >= 15 is 0 Å². The average Bonchev–Trinajstić information content (AvgIpc) is 3.76. The largest absolute Gasteiger partial charge is 0.383 e. The summed E-state index contributed by atoms with van der Waals surface area (Å²) in [6, 6.07) is 22.1. The fourth-order valence-electron chi connectivity index (χ4n) is 5.40. The first-order valence-corrected chi connectivity index (χ1v) is 13.2. The number of aryl methyl sites for hydroxylation is 1. The zero-order valence-corrected chi connectivity index (χ0v) is 21.8. The van der Waals surface area contributed by atoms with Gasteiger partial charge in [0, 0.05) is 35.4 Å². The summed E-state index contributed by atoms with van der Waals surface area (Å²) in [6.45, 7) is 0. The molecule has 1 aliphatic carbocycles. The number of aromatic nitrogens is 6. The lowest BCUT2D eigenvalue weighted by Crippen LogP contribution is -2.27. The molecule has 1 aliphatic rings. The molecule has 0 saturated heterocycles. The van der Waals surface area contributed by atoms with Gasteiger partial charge in [0.25, 0.3) is 5.91 Å². The number of aldehydes is 1. The Morgan fingerprint density at radius 2 is 1.93 bits per heavy atom. The number of nitrogens with two attached hydrogens (primary N) is 1. The number of rotatable bonds is 6. The number of nitrogens with one attached hydrogen (secondary N) is 1. The summed E-state index contributed by atoms with van der Waals surface area (Å²) in [4.78, 5) is 38.2. The van der Waals surface area contributed by atoms with Gasteiger partial charge in [-0.15, -0.1) is 0 Å². The fourth-order valence-corrected chi connectivity index (χ4v) is 5.40. The standard InChI is InChI=1S/C31H24N8O2/c32-28-24(6-2-13-33-28)29-35-26-11-12-27(38-15-3-14-34-38)37-30(26)39(29)22-8-9-23-20(17-22)7-10-25(23)36-31(41)21-5-1-4-19(16-21)18-40/h1-6,8-9,11-18,25H,7,10H2,(H2,32,33)(H,36,41)/t25-/m0/s1. The molecule has 10 heteroatoms. The van der Waals surface area contributed by atoms with E-state index in [0.29, 0.717) is 45.3 Å². The summed E-state index contributed by atoms with van der Waals surface area (Å²) in [7, 11) is 0. The van der Waals surface area contributed by atoms with Crippen molar-refractivity contribution in [3.8, 4) is 22.9 Å². The number of benzene rings is 2. The molecule has 0 fully saturated rings. The normalized spacial score (nSPS) is 14.2. The first-order chi connectivity index (χ1) is 20.1. The predicted molar refractivity (Wildman–Crippen MR) is 154 cm³/mol. The van der Waals surface area contributed by atoms with Gasteiger partial charge in [-0.2, -0.15) is 5.10 Å². The van der Waals surface area contributed by atoms with E-state index in [9.17, 15) is 9.59 Å². The molecule has 0 radical (unpaired) electrons. The van der Waals surface area contributed by atoms with Crippen LogP contribution in [0.5, 0.6) is 0 Å². The van der Waals surface area contributed by atoms with E-state index in [0.717, 1.165) is 35.9 Å². The van der Waals surface area contributed by atoms with Crippen molar-refractivity contribution < 1.29 is 9.59 Å². The highest BCUT2D eigenvalue weighted by Crippen LogP contribution is 2.36. The molecule has 6 aromatic rings. The smallest absolute Gasteiger partial charge is 0.251 e. The van der Waals surface area contributed by atoms with Gasteiger partial charge in [0.2, 0.25) is 0 Å². The Morgan fingerprint density at radius 1 is 1.00 bits per heavy atom. The average molecular weight is 541 g/mol. The molecule has 4 aromatic heterocycles. The van der Waals surface area contributed by atoms with Crippen LogP contribution in [0.3, 0.4) is 0 Å². The third-order valence-corrected chi connectivity index (χ3v) is 7.36. The van der Waals surface area contributed by atoms with E-state index in [1.54, 1.807) is 41.3 Å². The number of fused-ring (bicyclic) bond motifs is 2. The van der Waals surface area contributed by atoms with Crippen LogP contribution < -0.4 is 11.1 Å². The summed E-state index contributed by atoms with van der Waals surface area (Å²) >= 11 is 0. The minimum absolute atomic E-state index is 0.135. The number of nitrogens with zero attached hydrogens (tertiary/aromatic N) is 6. The Hall–Kier alpha value is -5.64. The second-order valence-corrected chi connectivity index (χ2v) is 9.86. The van der Waals surface area contributed by atoms with E-state index in [1.807, 2.05) is 53.2 Å². The van der Waals surface area contributed by atoms with Crippen molar-refractivity contribution in [3.05, 3.63) is 114 Å². The Bertz CT molecular complexity index is 1940. The van der Waals surface area contributed by atoms with Crippen molar-refractivity contribution in [1.29, 1.82) is 0 Å². The Kier molecular flexibility index (Phi) is 5.85. The van der Waals surface area contributed by atoms with Gasteiger partial charge in [-0.3, -0.25) is 14.2 Å². The molecule has 7 rings (SSSR count). The number of carbonyl (C=O) groups is 2. The zero-order valence-electron chi connectivity index (χ0n) is 21.8. The van der Waals surface area contributed by atoms with Crippen molar-refractivity contribution in [1.82, 2.24) is 34.6 Å². The Morgan fingerprint density at radius 3 is 2.76 bits per heavy atom. The number of carbonyl (C=O) groups excluding carboxylic acids is 2. The maximum absolute atomic E-state index is 13.0. The minimum Gasteiger partial charge on any atom is -0.383 e. The van der Waals surface area contributed by atoms with Gasteiger partial charge < -0.3 is 11.1 Å². The second kappa shape index (κ2) is 9.83. The molecule has 41 heavy (non-hydrogen) atoms. The molecule has 200 valence electrons. The summed E-state index contributed by atoms with van der Waals surface area (Å²) in [5, 5.41) is 7.46. The number of anilines is 1. The van der Waals surface area contributed by atoms with Crippen molar-refractivity contribution in [3.63, 3.8) is 0 Å². The third kappa shape index (κ3) is 4.31. The second-order valence-electron chi connectivity index (χ2n) is 9.86. The molecule has 4 heterocycles. The van der Waals surface area contributed by atoms with Crippen molar-refractivity contribution in [2.24, 2.45) is 0 Å². The number of imidazole rings is 1. The fraction of sp³-hybridized carbons (Fsp3) is 0.0968. The van der Waals surface area contributed by atoms with Crippen LogP contribution in [0.4, 0.5) is 5.82 Å². The van der Waals surface area contributed by atoms with E-state index in [1.165, 1.54) is 0 Å². The summed E-state index contributed by atoms with van der Waals surface area (Å²) in [5.41, 5.74) is 12.4. The van der Waals surface area contributed by atoms with Crippen LogP contribution in [0, 0.1) is 0 Å². The van der Waals surface area contributed by atoms with E-state index in [-0.39, 0.29) is 11.9 Å². The van der Waals surface area contributed by atoms with E-state index in [2.05, 4.69) is 21.5 Å². The van der Waals surface area contributed by atoms with Crippen LogP contribution in [0.2, 0.25) is 0 Å². The third-order valence-electron chi connectivity index (χ3n) is 7.36. The molecule has 1 atom stereocenters. The number of amides is 1. The molecular weight excluding hydrogens is 516 g/mol. The van der Waals surface area contributed by atoms with Crippen molar-refractivity contribution in [2.45, 2.75) is 18.9 Å². The Balaban J connectivity index is 1.30. The number of hydrogen-bond donors (Lipinski definition) is 2. The molecule has 0 aliphatic heterocycles. The van der Waals surface area contributed by atoms with Gasteiger partial charge in [0.05, 0.1) is 11.6 Å². The molecule has 0 unspecified atom stereocenters. The van der Waals surface area contributed by atoms with Crippen molar-refractivity contribution >= 4 is 29.2 Å². The molecule has 0 bridgehead atoms. The molecular formula is C31H24N8O2. The van der Waals surface area contributed by atoms with Crippen LogP contribution in [0.1, 0.15) is 44.3 Å². The minimum atomic E-state index is -0.207. The zero-order chi connectivity index (χ0) is 27.9. The Labute approximate surface area is 234 Å². The van der Waals surface area contributed by atoms with Gasteiger partial charge in [-0.1, -0.05) is 18.2 Å². The van der Waals surface area contributed by atoms with Crippen LogP contribution in [0.15, 0.2) is 91.4 Å². The van der Waals surface area contributed by atoms with Crippen LogP contribution in [-0.4, -0.2) is 41.5 Å². The van der Waals surface area contributed by atoms with Crippen molar-refractivity contribution in [2.75, 3.05) is 5.73 Å². The van der Waals surface area contributed by atoms with Gasteiger partial charge in [-0.05, 0) is 78.6 Å². The van der Waals surface area contributed by atoms with Gasteiger partial charge >= 0.3 is 0 Å². The molecule has 2 aromatic carbocycles. The highest BCUT2D eigenvalue weighted by molar-refractivity contribution is 5.96. The highest BCUT2D eigenvalue weighted by atomic mass is 16.1. The molecule has 1 amide bonds. The summed E-state index contributed by atoms with van der Waals surface area (Å²) in [6.07, 6.45) is 7.51. The van der Waals surface area contributed by atoms with Gasteiger partial charge in [0.1, 0.15) is 17.6 Å². The lowest BCUT2D eigenvalue weighted by Gasteiger charge is -2.16. The monoisotopic (exact) mass is 540 g/mol. The van der Waals surface area contributed by atoms with Gasteiger partial charge in [-0.25, -0.2) is 19.6 Å². The molecule has 0 saturated carbocycles. The lowest BCUT2D eigenvalue weighted by molar-refractivity contribution is 0.0936. The predicted octanol–water partition coefficient (Wildman–Crippen LogP) is 4.48.